The van der Waals surface area contributed by atoms with E-state index >= 15 is 0 Å². The van der Waals surface area contributed by atoms with Crippen molar-refractivity contribution >= 4 is 51.6 Å². The Morgan fingerprint density at radius 1 is 1.22 bits per heavy atom. The first-order valence-electron chi connectivity index (χ1n) is 8.98. The molecule has 0 saturated carbocycles. The molecule has 0 bridgehead atoms. The van der Waals surface area contributed by atoms with Crippen molar-refractivity contribution in [3.05, 3.63) is 58.6 Å². The lowest BCUT2D eigenvalue weighted by atomic mass is 10.2. The molecule has 5 nitrogen and oxygen atoms in total. The van der Waals surface area contributed by atoms with Crippen LogP contribution in [0, 0.1) is 0 Å². The summed E-state index contributed by atoms with van der Waals surface area (Å²) in [4.78, 5) is 7.07. The molecular formula is C20H26BrIN4O. The van der Waals surface area contributed by atoms with Crippen molar-refractivity contribution in [3.63, 3.8) is 0 Å². The second-order valence-electron chi connectivity index (χ2n) is 6.39. The van der Waals surface area contributed by atoms with Crippen molar-refractivity contribution in [1.82, 2.24) is 10.6 Å². The molecule has 3 rings (SSSR count). The average Bonchev–Trinajstić information content (AvgIpc) is 3.10. The van der Waals surface area contributed by atoms with Crippen LogP contribution >= 0.6 is 39.9 Å². The summed E-state index contributed by atoms with van der Waals surface area (Å²) in [6, 6.07) is 15.9. The van der Waals surface area contributed by atoms with Crippen LogP contribution < -0.4 is 15.5 Å². The zero-order valence-electron chi connectivity index (χ0n) is 15.4. The predicted octanol–water partition coefficient (Wildman–Crippen LogP) is 4.11. The van der Waals surface area contributed by atoms with E-state index in [2.05, 4.69) is 61.6 Å². The number of hydrogen-bond acceptors (Lipinski definition) is 3. The van der Waals surface area contributed by atoms with Gasteiger partial charge in [-0.15, -0.1) is 24.0 Å². The van der Waals surface area contributed by atoms with E-state index in [1.54, 1.807) is 12.1 Å². The number of phenols is 1. The number of aliphatic imine (C=N–C) groups is 1. The van der Waals surface area contributed by atoms with Crippen LogP contribution in [0.25, 0.3) is 0 Å². The molecule has 1 saturated heterocycles. The fraction of sp³-hybridized carbons (Fsp3) is 0.350. The Labute approximate surface area is 186 Å². The van der Waals surface area contributed by atoms with Crippen LogP contribution in [0.15, 0.2) is 58.0 Å². The number of aromatic hydroxyl groups is 1. The van der Waals surface area contributed by atoms with Gasteiger partial charge in [0.05, 0.1) is 12.2 Å². The molecule has 1 atom stereocenters. The Morgan fingerprint density at radius 3 is 2.67 bits per heavy atom. The number of halogens is 2. The van der Waals surface area contributed by atoms with Gasteiger partial charge in [0.1, 0.15) is 5.75 Å². The molecule has 1 fully saturated rings. The van der Waals surface area contributed by atoms with Gasteiger partial charge in [0, 0.05) is 30.1 Å². The van der Waals surface area contributed by atoms with Gasteiger partial charge < -0.3 is 20.6 Å². The largest absolute Gasteiger partial charge is 0.508 e. The van der Waals surface area contributed by atoms with E-state index in [-0.39, 0.29) is 29.7 Å². The van der Waals surface area contributed by atoms with E-state index in [1.165, 1.54) is 5.69 Å². The third-order valence-electron chi connectivity index (χ3n) is 4.42. The molecule has 3 N–H and O–H groups in total. The Morgan fingerprint density at radius 2 is 1.96 bits per heavy atom. The fourth-order valence-corrected chi connectivity index (χ4v) is 3.63. The van der Waals surface area contributed by atoms with Gasteiger partial charge >= 0.3 is 0 Å². The quantitative estimate of drug-likeness (QED) is 0.301. The number of para-hydroxylation sites is 1. The Kier molecular flexibility index (Phi) is 8.69. The number of nitrogens with zero attached hydrogens (tertiary/aromatic N) is 2. The molecular weight excluding hydrogens is 519 g/mol. The molecule has 1 aliphatic rings. The van der Waals surface area contributed by atoms with E-state index in [4.69, 9.17) is 0 Å². The fourth-order valence-electron chi connectivity index (χ4n) is 3.09. The van der Waals surface area contributed by atoms with Gasteiger partial charge in [-0.05, 0) is 59.1 Å². The van der Waals surface area contributed by atoms with Crippen LogP contribution in [0.4, 0.5) is 5.69 Å². The summed E-state index contributed by atoms with van der Waals surface area (Å²) in [7, 11) is 0. The minimum atomic E-state index is 0. The summed E-state index contributed by atoms with van der Waals surface area (Å²) in [6.07, 6.45) is 1.07. The van der Waals surface area contributed by atoms with Crippen molar-refractivity contribution in [1.29, 1.82) is 0 Å². The standard InChI is InChI=1S/C20H25BrN4O.HI/c1-2-22-20(23-13-15-7-9-17(26)10-8-15)24-16-11-12-25(14-16)19-6-4-3-5-18(19)21;/h3-10,16,26H,2,11-14H2,1H3,(H2,22,23,24);1H. The lowest BCUT2D eigenvalue weighted by molar-refractivity contribution is 0.475. The van der Waals surface area contributed by atoms with E-state index in [0.717, 1.165) is 42.1 Å². The van der Waals surface area contributed by atoms with Crippen LogP contribution in [0.2, 0.25) is 0 Å². The number of phenolic OH excluding ortho intramolecular Hbond substituents is 1. The molecule has 1 aliphatic heterocycles. The molecule has 0 radical (unpaired) electrons. The zero-order chi connectivity index (χ0) is 18.4. The zero-order valence-corrected chi connectivity index (χ0v) is 19.3. The molecule has 0 aliphatic carbocycles. The van der Waals surface area contributed by atoms with Gasteiger partial charge in [-0.2, -0.15) is 0 Å². The molecule has 0 amide bonds. The van der Waals surface area contributed by atoms with Gasteiger partial charge in [-0.3, -0.25) is 0 Å². The van der Waals surface area contributed by atoms with Crippen LogP contribution in [-0.2, 0) is 6.54 Å². The van der Waals surface area contributed by atoms with Crippen molar-refractivity contribution < 1.29 is 5.11 Å². The maximum Gasteiger partial charge on any atom is 0.191 e. The van der Waals surface area contributed by atoms with Crippen LogP contribution in [0.5, 0.6) is 5.75 Å². The van der Waals surface area contributed by atoms with Gasteiger partial charge in [0.2, 0.25) is 0 Å². The predicted molar refractivity (Wildman–Crippen MR) is 126 cm³/mol. The lowest BCUT2D eigenvalue weighted by Crippen LogP contribution is -2.44. The second kappa shape index (κ2) is 10.8. The summed E-state index contributed by atoms with van der Waals surface area (Å²) >= 11 is 3.64. The van der Waals surface area contributed by atoms with Crippen LogP contribution in [-0.4, -0.2) is 36.7 Å². The number of nitrogens with one attached hydrogen (secondary N) is 2. The number of anilines is 1. The maximum absolute atomic E-state index is 9.38. The first-order chi connectivity index (χ1) is 12.7. The smallest absolute Gasteiger partial charge is 0.191 e. The lowest BCUT2D eigenvalue weighted by Gasteiger charge is -2.21. The topological polar surface area (TPSA) is 59.9 Å². The van der Waals surface area contributed by atoms with E-state index < -0.39 is 0 Å². The van der Waals surface area contributed by atoms with Gasteiger partial charge in [-0.1, -0.05) is 24.3 Å². The number of benzene rings is 2. The maximum atomic E-state index is 9.38. The van der Waals surface area contributed by atoms with Crippen LogP contribution in [0.3, 0.4) is 0 Å². The van der Waals surface area contributed by atoms with Gasteiger partial charge in [-0.25, -0.2) is 4.99 Å². The van der Waals surface area contributed by atoms with E-state index in [0.29, 0.717) is 12.6 Å². The Hall–Kier alpha value is -1.48. The molecule has 2 aromatic carbocycles. The minimum Gasteiger partial charge on any atom is -0.508 e. The summed E-state index contributed by atoms with van der Waals surface area (Å²) in [6.45, 7) is 5.45. The van der Waals surface area contributed by atoms with Crippen molar-refractivity contribution in [2.75, 3.05) is 24.5 Å². The van der Waals surface area contributed by atoms with Crippen LogP contribution in [0.1, 0.15) is 18.9 Å². The Bertz CT molecular complexity index is 754. The Balaban J connectivity index is 0.00000261. The highest BCUT2D eigenvalue weighted by atomic mass is 127. The third-order valence-corrected chi connectivity index (χ3v) is 5.09. The van der Waals surface area contributed by atoms with Gasteiger partial charge in [0.15, 0.2) is 5.96 Å². The number of rotatable bonds is 5. The summed E-state index contributed by atoms with van der Waals surface area (Å²) in [5.74, 6) is 1.11. The first kappa shape index (κ1) is 21.8. The summed E-state index contributed by atoms with van der Waals surface area (Å²) < 4.78 is 1.13. The number of hydrogen-bond donors (Lipinski definition) is 3. The van der Waals surface area contributed by atoms with Crippen molar-refractivity contribution in [2.24, 2.45) is 4.99 Å². The molecule has 1 unspecified atom stereocenters. The minimum absolute atomic E-state index is 0. The van der Waals surface area contributed by atoms with E-state index in [9.17, 15) is 5.11 Å². The number of guanidine groups is 1. The highest BCUT2D eigenvalue weighted by molar-refractivity contribution is 14.0. The van der Waals surface area contributed by atoms with Gasteiger partial charge in [0.25, 0.3) is 0 Å². The monoisotopic (exact) mass is 544 g/mol. The highest BCUT2D eigenvalue weighted by Gasteiger charge is 2.24. The van der Waals surface area contributed by atoms with Crippen molar-refractivity contribution in [2.45, 2.75) is 25.9 Å². The molecule has 1 heterocycles. The normalized spacial score (nSPS) is 16.7. The SMILES string of the molecule is CCNC(=NCc1ccc(O)cc1)NC1CCN(c2ccccc2Br)C1.I. The molecule has 0 aromatic heterocycles. The highest BCUT2D eigenvalue weighted by Crippen LogP contribution is 2.28. The summed E-state index contributed by atoms with van der Waals surface area (Å²) in [5, 5.41) is 16.2. The second-order valence-corrected chi connectivity index (χ2v) is 7.24. The molecule has 146 valence electrons. The first-order valence-corrected chi connectivity index (χ1v) is 9.77. The molecule has 7 heteroatoms. The third kappa shape index (κ3) is 6.27. The average molecular weight is 545 g/mol. The molecule has 0 spiro atoms. The molecule has 2 aromatic rings. The summed E-state index contributed by atoms with van der Waals surface area (Å²) in [5.41, 5.74) is 2.31. The van der Waals surface area contributed by atoms with E-state index in [1.807, 2.05) is 18.2 Å². The molecule has 27 heavy (non-hydrogen) atoms. The van der Waals surface area contributed by atoms with Crippen molar-refractivity contribution in [3.8, 4) is 5.75 Å².